The molecule has 0 N–H and O–H groups in total. The van der Waals surface area contributed by atoms with E-state index in [0.29, 0.717) is 0 Å². The predicted molar refractivity (Wildman–Crippen MR) is 163 cm³/mol. The summed E-state index contributed by atoms with van der Waals surface area (Å²) in [4.78, 5) is 0. The molecule has 0 saturated carbocycles. The van der Waals surface area contributed by atoms with Crippen molar-refractivity contribution < 1.29 is 92.5 Å². The Kier molecular flexibility index (Phi) is 10.6. The number of aryl methyl sites for hydroxylation is 1. The summed E-state index contributed by atoms with van der Waals surface area (Å²) in [6.45, 7) is 1.39. The van der Waals surface area contributed by atoms with Gasteiger partial charge in [-0.2, -0.15) is 0 Å². The molecular weight excluding hydrogens is 852 g/mol. The van der Waals surface area contributed by atoms with Gasteiger partial charge in [-0.05, 0) is 25.5 Å². The topological polar surface area (TPSA) is 9.23 Å². The molecule has 6 aromatic carbocycles. The lowest BCUT2D eigenvalue weighted by Crippen LogP contribution is -2.14. The zero-order chi connectivity index (χ0) is 44.0. The van der Waals surface area contributed by atoms with Crippen LogP contribution in [0, 0.1) is 130 Å². The first-order valence-electron chi connectivity index (χ1n) is 15.5. The monoisotopic (exact) mass is 862 g/mol. The van der Waals surface area contributed by atoms with E-state index < -0.39 is 178 Å². The minimum absolute atomic E-state index is 0.172. The fraction of sp³-hybridized carbons (Fsp3) is 0.0526. The molecule has 21 heteroatoms. The summed E-state index contributed by atoms with van der Waals surface area (Å²) >= 11 is 0. The van der Waals surface area contributed by atoms with Crippen LogP contribution in [0.3, 0.4) is 0 Å². The normalized spacial score (nSPS) is 11.6. The van der Waals surface area contributed by atoms with E-state index in [2.05, 4.69) is 0 Å². The largest absolute Gasteiger partial charge is 0.456 e. The van der Waals surface area contributed by atoms with Crippen molar-refractivity contribution >= 4 is 0 Å². The van der Waals surface area contributed by atoms with Gasteiger partial charge >= 0.3 is 0 Å². The zero-order valence-electron chi connectivity index (χ0n) is 28.3. The summed E-state index contributed by atoms with van der Waals surface area (Å²) in [6, 6.07) is 4.24. The molecule has 0 aromatic heterocycles. The van der Waals surface area contributed by atoms with Crippen LogP contribution in [0.2, 0.25) is 0 Å². The van der Waals surface area contributed by atoms with E-state index in [9.17, 15) is 35.1 Å². The first kappa shape index (κ1) is 42.3. The summed E-state index contributed by atoms with van der Waals surface area (Å²) in [5.74, 6) is -65.0. The molecule has 0 bridgehead atoms. The lowest BCUT2D eigenvalue weighted by Gasteiger charge is -2.28. The quantitative estimate of drug-likeness (QED) is 0.0921. The van der Waals surface area contributed by atoms with Crippen LogP contribution in [0.4, 0.5) is 87.8 Å². The maximum absolute atomic E-state index is 16.1. The molecule has 0 aliphatic rings. The van der Waals surface area contributed by atoms with Crippen LogP contribution in [-0.2, 0) is 0 Å². The zero-order valence-corrected chi connectivity index (χ0v) is 28.3. The Labute approximate surface area is 314 Å². The number of rotatable bonds is 6. The highest BCUT2D eigenvalue weighted by Crippen LogP contribution is 2.58. The minimum Gasteiger partial charge on any atom is -0.456 e. The van der Waals surface area contributed by atoms with Gasteiger partial charge in [-0.25, -0.2) is 87.8 Å². The first-order valence-corrected chi connectivity index (χ1v) is 15.5. The van der Waals surface area contributed by atoms with Crippen LogP contribution in [0.5, 0.6) is 11.5 Å². The van der Waals surface area contributed by atoms with Crippen molar-refractivity contribution in [3.8, 4) is 56.0 Å². The number of ether oxygens (including phenoxy) is 1. The van der Waals surface area contributed by atoms with Gasteiger partial charge in [-0.1, -0.05) is 18.2 Å². The highest BCUT2D eigenvalue weighted by atomic mass is 19.2. The predicted octanol–water partition coefficient (Wildman–Crippen LogP) is 13.5. The van der Waals surface area contributed by atoms with Gasteiger partial charge in [0.05, 0.1) is 22.3 Å². The molecule has 0 unspecified atom stereocenters. The summed E-state index contributed by atoms with van der Waals surface area (Å²) in [7, 11) is 0. The van der Waals surface area contributed by atoms with E-state index in [-0.39, 0.29) is 12.5 Å². The smallest absolute Gasteiger partial charge is 0.200 e. The maximum atomic E-state index is 16.1. The Morgan fingerprint density at radius 1 is 0.271 bits per heavy atom. The molecule has 0 spiro atoms. The Morgan fingerprint density at radius 2 is 0.508 bits per heavy atom. The fourth-order valence-corrected chi connectivity index (χ4v) is 6.11. The third-order valence-electron chi connectivity index (χ3n) is 8.84. The highest BCUT2D eigenvalue weighted by molar-refractivity contribution is 6.06. The molecule has 0 radical (unpaired) electrons. The number of benzene rings is 6. The van der Waals surface area contributed by atoms with Crippen LogP contribution in [0.1, 0.15) is 11.1 Å². The third-order valence-corrected chi connectivity index (χ3v) is 8.84. The van der Waals surface area contributed by atoms with Gasteiger partial charge in [0.1, 0.15) is 11.5 Å². The lowest BCUT2D eigenvalue weighted by molar-refractivity contribution is 0.379. The molecule has 0 aliphatic carbocycles. The van der Waals surface area contributed by atoms with E-state index in [0.717, 1.165) is 25.1 Å². The number of para-hydroxylation sites is 1. The van der Waals surface area contributed by atoms with Crippen molar-refractivity contribution in [2.75, 3.05) is 0 Å². The highest BCUT2D eigenvalue weighted by Gasteiger charge is 2.42. The van der Waals surface area contributed by atoms with Gasteiger partial charge in [0, 0.05) is 27.8 Å². The van der Waals surface area contributed by atoms with Gasteiger partial charge in [-0.3, -0.25) is 0 Å². The van der Waals surface area contributed by atoms with E-state index in [1.165, 1.54) is 6.07 Å². The first-order chi connectivity index (χ1) is 27.5. The Bertz CT molecular complexity index is 2720. The summed E-state index contributed by atoms with van der Waals surface area (Å²) in [5, 5.41) is 0. The van der Waals surface area contributed by atoms with Crippen LogP contribution < -0.4 is 4.74 Å². The second-order valence-corrected chi connectivity index (χ2v) is 12.1. The van der Waals surface area contributed by atoms with Crippen molar-refractivity contribution in [1.29, 1.82) is 0 Å². The summed E-state index contributed by atoms with van der Waals surface area (Å²) in [5.41, 5.74) is -22.4. The maximum Gasteiger partial charge on any atom is 0.200 e. The van der Waals surface area contributed by atoms with E-state index >= 15 is 52.7 Å². The van der Waals surface area contributed by atoms with Gasteiger partial charge < -0.3 is 4.74 Å². The molecule has 6 rings (SSSR count). The molecule has 0 atom stereocenters. The second-order valence-electron chi connectivity index (χ2n) is 12.1. The molecule has 0 saturated heterocycles. The average molecular weight is 862 g/mol. The van der Waals surface area contributed by atoms with Crippen molar-refractivity contribution in [3.05, 3.63) is 152 Å². The van der Waals surface area contributed by atoms with Crippen LogP contribution in [0.25, 0.3) is 44.5 Å². The number of hydrogen-bond donors (Lipinski definition) is 0. The molecule has 6 aromatic rings. The van der Waals surface area contributed by atoms with Crippen molar-refractivity contribution in [2.24, 2.45) is 0 Å². The molecule has 0 aliphatic heterocycles. The van der Waals surface area contributed by atoms with E-state index in [1.807, 2.05) is 0 Å². The SMILES string of the molecule is Cc1ccccc1Oc1c(C)c(-c2c(F)c(F)c(F)c(F)c2F)c(-c2c(F)c(F)c(F)c(F)c2F)c(-c2c(F)c(F)c(F)c(F)c2F)c1-c1c(F)c(F)c(F)c(F)c1F. The molecule has 0 fully saturated rings. The Hall–Kier alpha value is -6.28. The average Bonchev–Trinajstić information content (AvgIpc) is 3.21. The van der Waals surface area contributed by atoms with Crippen molar-refractivity contribution in [2.45, 2.75) is 13.8 Å². The summed E-state index contributed by atoms with van der Waals surface area (Å²) in [6.07, 6.45) is 0. The van der Waals surface area contributed by atoms with Crippen LogP contribution >= 0.6 is 0 Å². The van der Waals surface area contributed by atoms with Gasteiger partial charge in [0.25, 0.3) is 0 Å². The van der Waals surface area contributed by atoms with Crippen molar-refractivity contribution in [3.63, 3.8) is 0 Å². The molecule has 59 heavy (non-hydrogen) atoms. The molecular formula is C38H10F20O. The second kappa shape index (κ2) is 14.8. The Balaban J connectivity index is 2.16. The summed E-state index contributed by atoms with van der Waals surface area (Å²) < 4.78 is 311. The molecule has 0 amide bonds. The number of halogens is 20. The van der Waals surface area contributed by atoms with E-state index in [4.69, 9.17) is 4.74 Å². The van der Waals surface area contributed by atoms with Crippen LogP contribution in [0.15, 0.2) is 24.3 Å². The van der Waals surface area contributed by atoms with E-state index in [1.54, 1.807) is 0 Å². The minimum atomic E-state index is -3.23. The fourth-order valence-electron chi connectivity index (χ4n) is 6.11. The third kappa shape index (κ3) is 6.10. The molecule has 1 nitrogen and oxygen atoms in total. The lowest BCUT2D eigenvalue weighted by atomic mass is 9.78. The van der Waals surface area contributed by atoms with Gasteiger partial charge in [-0.15, -0.1) is 0 Å². The number of hydrogen-bond acceptors (Lipinski definition) is 1. The molecule has 0 heterocycles. The van der Waals surface area contributed by atoms with Crippen LogP contribution in [-0.4, -0.2) is 0 Å². The Morgan fingerprint density at radius 3 is 0.814 bits per heavy atom. The van der Waals surface area contributed by atoms with Gasteiger partial charge in [0.15, 0.2) is 93.1 Å². The molecule has 308 valence electrons. The van der Waals surface area contributed by atoms with Crippen molar-refractivity contribution in [1.82, 2.24) is 0 Å². The van der Waals surface area contributed by atoms with Gasteiger partial charge in [0.2, 0.25) is 23.3 Å². The standard InChI is InChI=1S/C38H10F20O/c1-7-5-3-4-6-9(7)59-38-8(2)10(14-18(39)26(47)34(55)27(48)19(14)40)11(15-20(41)28(49)35(56)29(50)21(15)42)12(16-22(43)30(51)36(57)31(52)23(16)44)13(38)17-24(45)32(53)37(58)33(54)25(17)46/h3-6H,1-2H3.